The molecule has 1 amide bonds. The third-order valence-electron chi connectivity index (χ3n) is 2.27. The number of benzene rings is 1. The Morgan fingerprint density at radius 3 is 3.00 bits per heavy atom. The van der Waals surface area contributed by atoms with Crippen LogP contribution in [0.3, 0.4) is 0 Å². The maximum atomic E-state index is 11.4. The van der Waals surface area contributed by atoms with Crippen molar-refractivity contribution in [1.29, 1.82) is 5.26 Å². The smallest absolute Gasteiger partial charge is 0.257 e. The number of amides is 1. The van der Waals surface area contributed by atoms with Crippen LogP contribution in [0.4, 0.5) is 0 Å². The lowest BCUT2D eigenvalue weighted by atomic mass is 10.2. The number of carbonyl (C=O) groups is 1. The molecular weight excluding hydrogens is 228 g/mol. The van der Waals surface area contributed by atoms with Crippen molar-refractivity contribution in [2.75, 3.05) is 13.2 Å². The number of rotatable bonds is 7. The van der Waals surface area contributed by atoms with E-state index in [1.165, 1.54) is 0 Å². The SMILES string of the molecule is C=CCCCNC(=O)COc1ccccc1C#N. The number of para-hydroxylation sites is 1. The fourth-order valence-electron chi connectivity index (χ4n) is 1.35. The molecule has 0 aliphatic rings. The number of unbranched alkanes of at least 4 members (excludes halogenated alkanes) is 1. The second-order valence-electron chi connectivity index (χ2n) is 3.68. The Bertz CT molecular complexity index is 449. The molecule has 4 nitrogen and oxygen atoms in total. The van der Waals surface area contributed by atoms with Gasteiger partial charge >= 0.3 is 0 Å². The second kappa shape index (κ2) is 7.91. The Morgan fingerprint density at radius 1 is 1.50 bits per heavy atom. The number of hydrogen-bond acceptors (Lipinski definition) is 3. The van der Waals surface area contributed by atoms with E-state index in [1.807, 2.05) is 12.1 Å². The summed E-state index contributed by atoms with van der Waals surface area (Å²) in [7, 11) is 0. The average molecular weight is 244 g/mol. The maximum absolute atomic E-state index is 11.4. The number of nitrogens with zero attached hydrogens (tertiary/aromatic N) is 1. The summed E-state index contributed by atoms with van der Waals surface area (Å²) < 4.78 is 5.29. The van der Waals surface area contributed by atoms with E-state index in [1.54, 1.807) is 24.3 Å². The van der Waals surface area contributed by atoms with Gasteiger partial charge in [0.25, 0.3) is 5.91 Å². The first-order chi connectivity index (χ1) is 8.77. The molecule has 0 aromatic heterocycles. The number of carbonyl (C=O) groups excluding carboxylic acids is 1. The van der Waals surface area contributed by atoms with Gasteiger partial charge in [-0.25, -0.2) is 0 Å². The summed E-state index contributed by atoms with van der Waals surface area (Å²) in [5.74, 6) is 0.244. The second-order valence-corrected chi connectivity index (χ2v) is 3.68. The maximum Gasteiger partial charge on any atom is 0.257 e. The lowest BCUT2D eigenvalue weighted by Gasteiger charge is -2.07. The van der Waals surface area contributed by atoms with Gasteiger partial charge in [-0.3, -0.25) is 4.79 Å². The third-order valence-corrected chi connectivity index (χ3v) is 2.27. The molecule has 94 valence electrons. The van der Waals surface area contributed by atoms with E-state index in [-0.39, 0.29) is 12.5 Å². The molecule has 18 heavy (non-hydrogen) atoms. The summed E-state index contributed by atoms with van der Waals surface area (Å²) in [4.78, 5) is 11.4. The zero-order valence-electron chi connectivity index (χ0n) is 10.2. The van der Waals surface area contributed by atoms with E-state index in [0.29, 0.717) is 17.9 Å². The van der Waals surface area contributed by atoms with Gasteiger partial charge in [-0.15, -0.1) is 6.58 Å². The van der Waals surface area contributed by atoms with Crippen molar-refractivity contribution in [3.63, 3.8) is 0 Å². The van der Waals surface area contributed by atoms with Crippen LogP contribution in [0.1, 0.15) is 18.4 Å². The molecule has 1 rings (SSSR count). The first-order valence-corrected chi connectivity index (χ1v) is 5.77. The van der Waals surface area contributed by atoms with Gasteiger partial charge in [-0.2, -0.15) is 5.26 Å². The minimum atomic E-state index is -0.188. The van der Waals surface area contributed by atoms with Gasteiger partial charge in [-0.05, 0) is 25.0 Å². The quantitative estimate of drug-likeness (QED) is 0.589. The van der Waals surface area contributed by atoms with E-state index in [0.717, 1.165) is 12.8 Å². The normalized spacial score (nSPS) is 9.28. The van der Waals surface area contributed by atoms with Crippen molar-refractivity contribution in [2.45, 2.75) is 12.8 Å². The molecule has 4 heteroatoms. The van der Waals surface area contributed by atoms with Crippen molar-refractivity contribution >= 4 is 5.91 Å². The van der Waals surface area contributed by atoms with Crippen LogP contribution in [0.25, 0.3) is 0 Å². The Morgan fingerprint density at radius 2 is 2.28 bits per heavy atom. The molecule has 0 saturated carbocycles. The summed E-state index contributed by atoms with van der Waals surface area (Å²) in [6, 6.07) is 8.84. The van der Waals surface area contributed by atoms with Crippen LogP contribution < -0.4 is 10.1 Å². The van der Waals surface area contributed by atoms with E-state index in [2.05, 4.69) is 11.9 Å². The summed E-state index contributed by atoms with van der Waals surface area (Å²) in [5.41, 5.74) is 0.428. The summed E-state index contributed by atoms with van der Waals surface area (Å²) in [6.07, 6.45) is 3.55. The molecule has 0 saturated heterocycles. The molecule has 0 heterocycles. The van der Waals surface area contributed by atoms with Gasteiger partial charge in [0.1, 0.15) is 11.8 Å². The molecule has 0 atom stereocenters. The molecule has 0 aliphatic heterocycles. The van der Waals surface area contributed by atoms with Crippen LogP contribution in [-0.4, -0.2) is 19.1 Å². The number of allylic oxidation sites excluding steroid dienone is 1. The minimum Gasteiger partial charge on any atom is -0.482 e. The topological polar surface area (TPSA) is 62.1 Å². The van der Waals surface area contributed by atoms with Crippen LogP contribution in [0.15, 0.2) is 36.9 Å². The van der Waals surface area contributed by atoms with Crippen LogP contribution in [0, 0.1) is 11.3 Å². The summed E-state index contributed by atoms with van der Waals surface area (Å²) in [6.45, 7) is 4.13. The predicted molar refractivity (Wildman–Crippen MR) is 69.1 cm³/mol. The van der Waals surface area contributed by atoms with Crippen LogP contribution in [0.2, 0.25) is 0 Å². The molecule has 0 radical (unpaired) electrons. The molecule has 0 spiro atoms. The first kappa shape index (κ1) is 13.8. The molecule has 0 fully saturated rings. The molecule has 1 aromatic carbocycles. The van der Waals surface area contributed by atoms with Gasteiger partial charge in [-0.1, -0.05) is 18.2 Å². The van der Waals surface area contributed by atoms with Crippen molar-refractivity contribution in [3.8, 4) is 11.8 Å². The highest BCUT2D eigenvalue weighted by Crippen LogP contribution is 2.15. The largest absolute Gasteiger partial charge is 0.482 e. The zero-order chi connectivity index (χ0) is 13.2. The van der Waals surface area contributed by atoms with Crippen molar-refractivity contribution in [3.05, 3.63) is 42.5 Å². The standard InChI is InChI=1S/C14H16N2O2/c1-2-3-6-9-16-14(17)11-18-13-8-5-4-7-12(13)10-15/h2,4-5,7-8H,1,3,6,9,11H2,(H,16,17). The van der Waals surface area contributed by atoms with Gasteiger partial charge in [0.2, 0.25) is 0 Å². The van der Waals surface area contributed by atoms with E-state index in [4.69, 9.17) is 10.00 Å². The first-order valence-electron chi connectivity index (χ1n) is 5.77. The fourth-order valence-corrected chi connectivity index (χ4v) is 1.35. The van der Waals surface area contributed by atoms with Gasteiger partial charge in [0.05, 0.1) is 5.56 Å². The van der Waals surface area contributed by atoms with Gasteiger partial charge in [0.15, 0.2) is 6.61 Å². The molecule has 0 unspecified atom stereocenters. The molecule has 1 N–H and O–H groups in total. The van der Waals surface area contributed by atoms with Crippen molar-refractivity contribution in [2.24, 2.45) is 0 Å². The lowest BCUT2D eigenvalue weighted by Crippen LogP contribution is -2.29. The van der Waals surface area contributed by atoms with Crippen LogP contribution in [0.5, 0.6) is 5.75 Å². The number of ether oxygens (including phenoxy) is 1. The van der Waals surface area contributed by atoms with Crippen LogP contribution >= 0.6 is 0 Å². The predicted octanol–water partition coefficient (Wildman–Crippen LogP) is 2.02. The van der Waals surface area contributed by atoms with E-state index >= 15 is 0 Å². The Balaban J connectivity index is 2.34. The summed E-state index contributed by atoms with van der Waals surface area (Å²) >= 11 is 0. The lowest BCUT2D eigenvalue weighted by molar-refractivity contribution is -0.123. The monoisotopic (exact) mass is 244 g/mol. The fraction of sp³-hybridized carbons (Fsp3) is 0.286. The van der Waals surface area contributed by atoms with Crippen LogP contribution in [-0.2, 0) is 4.79 Å². The zero-order valence-corrected chi connectivity index (χ0v) is 10.2. The van der Waals surface area contributed by atoms with Gasteiger partial charge in [0, 0.05) is 6.54 Å². The molecule has 0 aliphatic carbocycles. The highest BCUT2D eigenvalue weighted by molar-refractivity contribution is 5.77. The number of nitrogens with one attached hydrogen (secondary N) is 1. The average Bonchev–Trinajstić information content (AvgIpc) is 2.41. The molecule has 1 aromatic rings. The third kappa shape index (κ3) is 4.71. The number of nitriles is 1. The van der Waals surface area contributed by atoms with Crippen molar-refractivity contribution in [1.82, 2.24) is 5.32 Å². The number of hydrogen-bond donors (Lipinski definition) is 1. The van der Waals surface area contributed by atoms with Crippen molar-refractivity contribution < 1.29 is 9.53 Å². The Kier molecular flexibility index (Phi) is 6.05. The Labute approximate surface area is 107 Å². The minimum absolute atomic E-state index is 0.0766. The molecule has 0 bridgehead atoms. The van der Waals surface area contributed by atoms with E-state index < -0.39 is 0 Å². The van der Waals surface area contributed by atoms with E-state index in [9.17, 15) is 4.79 Å². The highest BCUT2D eigenvalue weighted by Gasteiger charge is 2.05. The highest BCUT2D eigenvalue weighted by atomic mass is 16.5. The van der Waals surface area contributed by atoms with Gasteiger partial charge < -0.3 is 10.1 Å². The Hall–Kier alpha value is -2.28. The molecular formula is C14H16N2O2. The summed E-state index contributed by atoms with van der Waals surface area (Å²) in [5, 5.41) is 11.6.